The molecule has 0 spiro atoms. The van der Waals surface area contributed by atoms with Crippen LogP contribution in [0.1, 0.15) is 278 Å². The topological polar surface area (TPSA) is 111 Å². The van der Waals surface area contributed by atoms with E-state index in [4.69, 9.17) is 13.8 Å². The number of unbranched alkanes of at least 4 members (excludes halogenated alkanes) is 27. The zero-order valence-corrected chi connectivity index (χ0v) is 54.1. The van der Waals surface area contributed by atoms with Crippen LogP contribution in [-0.4, -0.2) is 74.3 Å². The van der Waals surface area contributed by atoms with Crippen molar-refractivity contribution in [2.24, 2.45) is 0 Å². The number of phosphoric ester groups is 1. The van der Waals surface area contributed by atoms with Gasteiger partial charge in [-0.1, -0.05) is 252 Å². The maximum absolute atomic E-state index is 13.6. The molecule has 0 aromatic heterocycles. The number of nitrogens with zero attached hydrogens (tertiary/aromatic N) is 1. The molecule has 0 saturated carbocycles. The van der Waals surface area contributed by atoms with Gasteiger partial charge < -0.3 is 19.4 Å². The van der Waals surface area contributed by atoms with Crippen LogP contribution in [0.3, 0.4) is 0 Å². The average Bonchev–Trinajstić information content (AvgIpc) is 3.44. The maximum Gasteiger partial charge on any atom is 0.472 e. The highest BCUT2D eigenvalue weighted by atomic mass is 31.2. The van der Waals surface area contributed by atoms with Gasteiger partial charge in [-0.15, -0.1) is 0 Å². The number of hydrogen-bond donors (Lipinski definition) is 2. The molecule has 0 bridgehead atoms. The number of amides is 1. The molecule has 0 saturated heterocycles. The molecule has 0 aliphatic carbocycles. The van der Waals surface area contributed by atoms with Crippen LogP contribution in [0.4, 0.5) is 0 Å². The van der Waals surface area contributed by atoms with Crippen molar-refractivity contribution in [2.45, 2.75) is 290 Å². The molecule has 0 heterocycles. The van der Waals surface area contributed by atoms with Gasteiger partial charge in [0, 0.05) is 12.8 Å². The van der Waals surface area contributed by atoms with Crippen LogP contribution in [0.5, 0.6) is 0 Å². The van der Waals surface area contributed by atoms with Gasteiger partial charge in [-0.05, 0) is 122 Å². The largest absolute Gasteiger partial charge is 0.472 e. The zero-order chi connectivity index (χ0) is 59.3. The van der Waals surface area contributed by atoms with Gasteiger partial charge in [0.05, 0.1) is 33.8 Å². The highest BCUT2D eigenvalue weighted by molar-refractivity contribution is 7.47. The number of likely N-dealkylation sites (N-methyl/N-ethyl adjacent to an activating group) is 1. The molecule has 3 unspecified atom stereocenters. The molecule has 1 amide bonds. The Kier molecular flexibility index (Phi) is 57.4. The second kappa shape index (κ2) is 59.8. The van der Waals surface area contributed by atoms with E-state index in [0.717, 1.165) is 128 Å². The van der Waals surface area contributed by atoms with Crippen molar-refractivity contribution in [3.63, 3.8) is 0 Å². The fourth-order valence-electron chi connectivity index (χ4n) is 9.02. The summed E-state index contributed by atoms with van der Waals surface area (Å²) in [6, 6.07) is -0.874. The van der Waals surface area contributed by atoms with Crippen LogP contribution < -0.4 is 5.32 Å². The van der Waals surface area contributed by atoms with Crippen molar-refractivity contribution in [2.75, 3.05) is 40.9 Å². The molecular formula is C71H126N2O7P+. The van der Waals surface area contributed by atoms with E-state index >= 15 is 0 Å². The average molecular weight is 1150 g/mol. The molecule has 81 heavy (non-hydrogen) atoms. The van der Waals surface area contributed by atoms with Gasteiger partial charge in [0.25, 0.3) is 0 Å². The first kappa shape index (κ1) is 77.7. The number of hydrogen-bond acceptors (Lipinski definition) is 6. The second-order valence-corrected chi connectivity index (χ2v) is 24.7. The second-order valence-electron chi connectivity index (χ2n) is 23.3. The SMILES string of the molecule is CCCCC/C=C\C/C=C\C/C=C\C/C=C\CCCCCCCC(=O)NC(COP(=O)(O)OCC[N+](C)(C)C)C(/C=C/CCCCCCCCCCCCC)OC(=O)CCCCCCC/C=C\C/C=C\C/C=C\C/C=C\CCCCC. The summed E-state index contributed by atoms with van der Waals surface area (Å²) in [5.41, 5.74) is 0. The first-order valence-corrected chi connectivity index (χ1v) is 34.7. The van der Waals surface area contributed by atoms with Gasteiger partial charge in [0.2, 0.25) is 5.91 Å². The van der Waals surface area contributed by atoms with Crippen molar-refractivity contribution in [3.05, 3.63) is 109 Å². The maximum atomic E-state index is 13.6. The molecule has 0 aliphatic rings. The number of carbonyl (C=O) groups excluding carboxylic acids is 2. The van der Waals surface area contributed by atoms with Crippen molar-refractivity contribution in [1.82, 2.24) is 5.32 Å². The van der Waals surface area contributed by atoms with Gasteiger partial charge in [-0.25, -0.2) is 4.57 Å². The van der Waals surface area contributed by atoms with E-state index in [0.29, 0.717) is 23.9 Å². The van der Waals surface area contributed by atoms with Crippen LogP contribution in [0.25, 0.3) is 0 Å². The molecule has 10 heteroatoms. The Morgan fingerprint density at radius 1 is 0.432 bits per heavy atom. The summed E-state index contributed by atoms with van der Waals surface area (Å²) in [5.74, 6) is -0.549. The number of quaternary nitrogens is 1. The van der Waals surface area contributed by atoms with Gasteiger partial charge in [0.15, 0.2) is 0 Å². The van der Waals surface area contributed by atoms with E-state index in [9.17, 15) is 19.0 Å². The quantitative estimate of drug-likeness (QED) is 0.0205. The first-order chi connectivity index (χ1) is 39.4. The third-order valence-corrected chi connectivity index (χ3v) is 15.2. The molecule has 0 rings (SSSR count). The van der Waals surface area contributed by atoms with Gasteiger partial charge in [0.1, 0.15) is 19.3 Å². The molecule has 466 valence electrons. The van der Waals surface area contributed by atoms with Crippen LogP contribution in [-0.2, 0) is 27.9 Å². The minimum Gasteiger partial charge on any atom is -0.456 e. The number of allylic oxidation sites excluding steroid dienone is 17. The minimum absolute atomic E-state index is 0.0275. The van der Waals surface area contributed by atoms with Crippen molar-refractivity contribution < 1.29 is 37.3 Å². The predicted molar refractivity (Wildman–Crippen MR) is 350 cm³/mol. The Morgan fingerprint density at radius 3 is 1.15 bits per heavy atom. The fourth-order valence-corrected chi connectivity index (χ4v) is 9.76. The van der Waals surface area contributed by atoms with Crippen LogP contribution >= 0.6 is 7.82 Å². The van der Waals surface area contributed by atoms with Crippen LogP contribution in [0, 0.1) is 0 Å². The van der Waals surface area contributed by atoms with Gasteiger partial charge in [-0.3, -0.25) is 18.6 Å². The summed E-state index contributed by atoms with van der Waals surface area (Å²) in [6.07, 6.45) is 82.2. The van der Waals surface area contributed by atoms with Gasteiger partial charge in [-0.2, -0.15) is 0 Å². The Labute approximate surface area is 500 Å². The van der Waals surface area contributed by atoms with Crippen LogP contribution in [0.2, 0.25) is 0 Å². The molecule has 2 N–H and O–H groups in total. The van der Waals surface area contributed by atoms with E-state index in [-0.39, 0.29) is 31.5 Å². The predicted octanol–water partition coefficient (Wildman–Crippen LogP) is 20.9. The standard InChI is InChI=1S/C71H125N2O7P/c1-7-10-13-16-19-22-25-28-30-32-34-36-38-40-42-45-48-51-54-57-60-63-70(74)72-68(67-79-81(76,77)78-66-65-73(4,5)6)69(62-59-56-53-50-47-44-27-24-21-18-15-12-9-3)80-71(75)64-61-58-55-52-49-46-43-41-39-37-35-33-31-29-26-23-20-17-14-11-8-2/h19-20,22-23,28-31,34-37,40-43,59,62,68-69H,7-18,21,24-27,32-33,38-39,44-58,60-61,63-67H2,1-6H3,(H-,72,74,76,77)/p+1/b22-19-,23-20-,30-28-,31-29-,36-34-,37-35-,42-40-,43-41-,62-59+. The van der Waals surface area contributed by atoms with Crippen LogP contribution in [0.15, 0.2) is 109 Å². The molecule has 9 nitrogen and oxygen atoms in total. The summed E-state index contributed by atoms with van der Waals surface area (Å²) in [7, 11) is 1.46. The molecule has 0 radical (unpaired) electrons. The van der Waals surface area contributed by atoms with E-state index in [1.54, 1.807) is 0 Å². The number of ether oxygens (including phenoxy) is 1. The highest BCUT2D eigenvalue weighted by Gasteiger charge is 2.30. The van der Waals surface area contributed by atoms with E-state index in [2.05, 4.69) is 123 Å². The fraction of sp³-hybridized carbons (Fsp3) is 0.718. The lowest BCUT2D eigenvalue weighted by Crippen LogP contribution is -2.47. The lowest BCUT2D eigenvalue weighted by Gasteiger charge is -2.27. The Hall–Kier alpha value is -3.33. The van der Waals surface area contributed by atoms with Crippen molar-refractivity contribution in [1.29, 1.82) is 0 Å². The molecule has 0 aromatic rings. The molecular weight excluding hydrogens is 1020 g/mol. The molecule has 0 aromatic carbocycles. The third-order valence-electron chi connectivity index (χ3n) is 14.2. The highest BCUT2D eigenvalue weighted by Crippen LogP contribution is 2.43. The molecule has 0 fully saturated rings. The summed E-state index contributed by atoms with van der Waals surface area (Å²) >= 11 is 0. The normalized spacial score (nSPS) is 14.3. The summed E-state index contributed by atoms with van der Waals surface area (Å²) < 4.78 is 30.7. The summed E-state index contributed by atoms with van der Waals surface area (Å²) in [5, 5.41) is 3.05. The number of phosphoric acid groups is 1. The number of esters is 1. The smallest absolute Gasteiger partial charge is 0.456 e. The minimum atomic E-state index is -4.47. The Balaban J connectivity index is 5.32. The molecule has 0 aliphatic heterocycles. The Bertz CT molecular complexity index is 1750. The lowest BCUT2D eigenvalue weighted by molar-refractivity contribution is -0.870. The van der Waals surface area contributed by atoms with E-state index < -0.39 is 20.0 Å². The zero-order valence-electron chi connectivity index (χ0n) is 53.2. The van der Waals surface area contributed by atoms with Gasteiger partial charge >= 0.3 is 13.8 Å². The van der Waals surface area contributed by atoms with E-state index in [1.807, 2.05) is 33.3 Å². The first-order valence-electron chi connectivity index (χ1n) is 33.2. The van der Waals surface area contributed by atoms with Crippen molar-refractivity contribution in [3.8, 4) is 0 Å². The molecule has 3 atom stereocenters. The monoisotopic (exact) mass is 1150 g/mol. The van der Waals surface area contributed by atoms with Crippen molar-refractivity contribution >= 4 is 19.7 Å². The lowest BCUT2D eigenvalue weighted by atomic mass is 10.0. The summed E-state index contributed by atoms with van der Waals surface area (Å²) in [6.45, 7) is 6.93. The number of rotatable bonds is 59. The number of carbonyl (C=O) groups is 2. The summed E-state index contributed by atoms with van der Waals surface area (Å²) in [4.78, 5) is 37.8. The third kappa shape index (κ3) is 61.1. The number of nitrogens with one attached hydrogen (secondary N) is 1. The van der Waals surface area contributed by atoms with E-state index in [1.165, 1.54) is 109 Å². The Morgan fingerprint density at radius 2 is 0.753 bits per heavy atom.